The number of Topliss-reactive ketones (excluding diaryl/α,β-unsaturated/α-hetero) is 1. The second-order valence-corrected chi connectivity index (χ2v) is 4.60. The molecule has 1 rings (SSSR count). The van der Waals surface area contributed by atoms with Gasteiger partial charge in [0.15, 0.2) is 5.78 Å². The van der Waals surface area contributed by atoms with Gasteiger partial charge in [-0.25, -0.2) is 5.48 Å². The van der Waals surface area contributed by atoms with Gasteiger partial charge in [-0.1, -0.05) is 0 Å². The van der Waals surface area contributed by atoms with Crippen LogP contribution in [0.25, 0.3) is 0 Å². The second-order valence-electron chi connectivity index (χ2n) is 3.02. The van der Waals surface area contributed by atoms with Crippen molar-refractivity contribution in [3.63, 3.8) is 0 Å². The van der Waals surface area contributed by atoms with Crippen molar-refractivity contribution >= 4 is 21.6 Å². The van der Waals surface area contributed by atoms with Crippen molar-refractivity contribution in [3.05, 3.63) is 29.8 Å². The van der Waals surface area contributed by atoms with Crippen LogP contribution in [0.2, 0.25) is 0 Å². The minimum Gasteiger partial charge on any atom is -0.295 e. The molecule has 0 saturated heterocycles. The summed E-state index contributed by atoms with van der Waals surface area (Å²) in [6, 6.07) is 6.27. The van der Waals surface area contributed by atoms with Gasteiger partial charge in [-0.15, -0.1) is 0 Å². The highest BCUT2D eigenvalue weighted by atomic mass is 32.2. The molecular weight excluding hydrogens is 218 g/mol. The average molecular weight is 229 g/mol. The molecule has 82 valence electrons. The molecule has 0 saturated carbocycles. The number of ketones is 1. The minimum atomic E-state index is -3.53. The molecule has 0 fully saturated rings. The molecule has 0 radical (unpaired) electrons. The molecule has 0 aromatic heterocycles. The van der Waals surface area contributed by atoms with E-state index in [1.165, 1.54) is 6.92 Å². The zero-order valence-electron chi connectivity index (χ0n) is 8.35. The highest BCUT2D eigenvalue weighted by molar-refractivity contribution is 7.86. The van der Waals surface area contributed by atoms with E-state index >= 15 is 0 Å². The molecule has 0 bridgehead atoms. The summed E-state index contributed by atoms with van der Waals surface area (Å²) in [5.41, 5.74) is 3.27. The van der Waals surface area contributed by atoms with Gasteiger partial charge >= 0.3 is 0 Å². The molecular formula is C9H11NO4S. The maximum atomic E-state index is 10.9. The van der Waals surface area contributed by atoms with Gasteiger partial charge in [0.2, 0.25) is 0 Å². The quantitative estimate of drug-likeness (QED) is 0.620. The van der Waals surface area contributed by atoms with Crippen LogP contribution in [0.4, 0.5) is 5.69 Å². The first-order valence-corrected chi connectivity index (χ1v) is 5.95. The van der Waals surface area contributed by atoms with Crippen LogP contribution in [0.5, 0.6) is 0 Å². The largest absolute Gasteiger partial charge is 0.295 e. The predicted octanol–water partition coefficient (Wildman–Crippen LogP) is 1.19. The molecule has 6 heteroatoms. The summed E-state index contributed by atoms with van der Waals surface area (Å²) in [5, 5.41) is 0. The molecule has 1 aromatic carbocycles. The van der Waals surface area contributed by atoms with Crippen LogP contribution in [-0.4, -0.2) is 20.5 Å². The lowest BCUT2D eigenvalue weighted by Crippen LogP contribution is -2.08. The molecule has 1 aromatic rings. The van der Waals surface area contributed by atoms with Crippen LogP contribution < -0.4 is 5.48 Å². The third kappa shape index (κ3) is 4.09. The van der Waals surface area contributed by atoms with E-state index in [0.717, 1.165) is 6.26 Å². The van der Waals surface area contributed by atoms with E-state index in [2.05, 4.69) is 9.76 Å². The number of anilines is 1. The number of hydrogen-bond acceptors (Lipinski definition) is 5. The van der Waals surface area contributed by atoms with Crippen LogP contribution >= 0.6 is 0 Å². The first-order valence-electron chi connectivity index (χ1n) is 4.14. The van der Waals surface area contributed by atoms with Gasteiger partial charge in [-0.3, -0.25) is 4.79 Å². The van der Waals surface area contributed by atoms with Crippen molar-refractivity contribution < 1.29 is 17.5 Å². The number of benzene rings is 1. The average Bonchev–Trinajstić information content (AvgIpc) is 2.14. The smallest absolute Gasteiger partial charge is 0.284 e. The van der Waals surface area contributed by atoms with Gasteiger partial charge in [0, 0.05) is 5.56 Å². The molecule has 5 nitrogen and oxygen atoms in total. The van der Waals surface area contributed by atoms with Gasteiger partial charge in [0.05, 0.1) is 11.9 Å². The summed E-state index contributed by atoms with van der Waals surface area (Å²) in [4.78, 5) is 10.9. The Morgan fingerprint density at radius 1 is 1.27 bits per heavy atom. The first kappa shape index (κ1) is 11.7. The Balaban J connectivity index is 2.69. The minimum absolute atomic E-state index is 0.0504. The van der Waals surface area contributed by atoms with E-state index in [-0.39, 0.29) is 5.78 Å². The Bertz CT molecular complexity index is 450. The molecule has 0 aliphatic rings. The fraction of sp³-hybridized carbons (Fsp3) is 0.222. The summed E-state index contributed by atoms with van der Waals surface area (Å²) in [6.07, 6.45) is 0.934. The van der Waals surface area contributed by atoms with Gasteiger partial charge in [0.1, 0.15) is 0 Å². The van der Waals surface area contributed by atoms with Crippen LogP contribution in [0.1, 0.15) is 17.3 Å². The SMILES string of the molecule is CC(=O)c1ccc(NOS(C)(=O)=O)cc1. The monoisotopic (exact) mass is 229 g/mol. The van der Waals surface area contributed by atoms with Crippen LogP contribution in [0.15, 0.2) is 24.3 Å². The molecule has 0 heterocycles. The third-order valence-corrected chi connectivity index (χ3v) is 1.99. The zero-order chi connectivity index (χ0) is 11.5. The Morgan fingerprint density at radius 2 is 1.80 bits per heavy atom. The Labute approximate surface area is 88.1 Å². The zero-order valence-corrected chi connectivity index (χ0v) is 9.17. The number of carbonyl (C=O) groups is 1. The van der Waals surface area contributed by atoms with Crippen molar-refractivity contribution in [2.75, 3.05) is 11.7 Å². The van der Waals surface area contributed by atoms with Crippen molar-refractivity contribution in [2.24, 2.45) is 0 Å². The molecule has 0 spiro atoms. The number of carbonyl (C=O) groups excluding carboxylic acids is 1. The third-order valence-electron chi connectivity index (χ3n) is 1.60. The Kier molecular flexibility index (Phi) is 3.43. The van der Waals surface area contributed by atoms with Gasteiger partial charge in [-0.2, -0.15) is 12.7 Å². The van der Waals surface area contributed by atoms with Gasteiger partial charge in [-0.05, 0) is 31.2 Å². The van der Waals surface area contributed by atoms with E-state index in [0.29, 0.717) is 11.3 Å². The highest BCUT2D eigenvalue weighted by Crippen LogP contribution is 2.10. The maximum Gasteiger partial charge on any atom is 0.284 e. The maximum absolute atomic E-state index is 10.9. The fourth-order valence-corrected chi connectivity index (χ4v) is 1.14. The normalized spacial score (nSPS) is 11.1. The van der Waals surface area contributed by atoms with Crippen LogP contribution in [0, 0.1) is 0 Å². The van der Waals surface area contributed by atoms with E-state index in [1.54, 1.807) is 24.3 Å². The van der Waals surface area contributed by atoms with Crippen molar-refractivity contribution in [1.82, 2.24) is 0 Å². The topological polar surface area (TPSA) is 72.5 Å². The van der Waals surface area contributed by atoms with Crippen molar-refractivity contribution in [2.45, 2.75) is 6.92 Å². The van der Waals surface area contributed by atoms with E-state index in [4.69, 9.17) is 0 Å². The Morgan fingerprint density at radius 3 is 2.20 bits per heavy atom. The lowest BCUT2D eigenvalue weighted by atomic mass is 10.1. The highest BCUT2D eigenvalue weighted by Gasteiger charge is 2.02. The van der Waals surface area contributed by atoms with Crippen molar-refractivity contribution in [1.29, 1.82) is 0 Å². The summed E-state index contributed by atoms with van der Waals surface area (Å²) in [7, 11) is -3.53. The fourth-order valence-electron chi connectivity index (χ4n) is 0.897. The molecule has 0 amide bonds. The van der Waals surface area contributed by atoms with Crippen molar-refractivity contribution in [3.8, 4) is 0 Å². The van der Waals surface area contributed by atoms with Gasteiger partial charge < -0.3 is 0 Å². The predicted molar refractivity (Wildman–Crippen MR) is 56.0 cm³/mol. The van der Waals surface area contributed by atoms with Gasteiger partial charge in [0.25, 0.3) is 10.1 Å². The summed E-state index contributed by atoms with van der Waals surface area (Å²) >= 11 is 0. The molecule has 0 atom stereocenters. The lowest BCUT2D eigenvalue weighted by Gasteiger charge is -2.04. The number of hydrogen-bond donors (Lipinski definition) is 1. The number of rotatable bonds is 4. The molecule has 0 aliphatic carbocycles. The first-order chi connectivity index (χ1) is 6.88. The molecule has 15 heavy (non-hydrogen) atoms. The van der Waals surface area contributed by atoms with Crippen LogP contribution in [0.3, 0.4) is 0 Å². The second kappa shape index (κ2) is 4.41. The number of nitrogens with one attached hydrogen (secondary N) is 1. The van der Waals surface area contributed by atoms with E-state index < -0.39 is 10.1 Å². The van der Waals surface area contributed by atoms with E-state index in [9.17, 15) is 13.2 Å². The van der Waals surface area contributed by atoms with Crippen LogP contribution in [-0.2, 0) is 14.4 Å². The lowest BCUT2D eigenvalue weighted by molar-refractivity contribution is 0.101. The summed E-state index contributed by atoms with van der Waals surface area (Å²) in [6.45, 7) is 1.45. The molecule has 0 unspecified atom stereocenters. The standard InChI is InChI=1S/C9H11NO4S/c1-7(11)8-3-5-9(6-4-8)10-14-15(2,12)13/h3-6,10H,1-2H3. The van der Waals surface area contributed by atoms with E-state index in [1.807, 2.05) is 0 Å². The summed E-state index contributed by atoms with van der Waals surface area (Å²) in [5.74, 6) is -0.0504. The Hall–Kier alpha value is -1.40. The summed E-state index contributed by atoms with van der Waals surface area (Å²) < 4.78 is 25.6. The molecule has 1 N–H and O–H groups in total. The molecule has 0 aliphatic heterocycles.